The summed E-state index contributed by atoms with van der Waals surface area (Å²) in [6, 6.07) is 3.58. The van der Waals surface area contributed by atoms with Crippen LogP contribution < -0.4 is 4.90 Å². The van der Waals surface area contributed by atoms with Crippen LogP contribution in [-0.2, 0) is 18.2 Å². The van der Waals surface area contributed by atoms with Crippen LogP contribution in [0.5, 0.6) is 0 Å². The summed E-state index contributed by atoms with van der Waals surface area (Å²) in [5, 5.41) is 0. The van der Waals surface area contributed by atoms with E-state index in [0.29, 0.717) is 18.1 Å². The van der Waals surface area contributed by atoms with Crippen LogP contribution in [0.3, 0.4) is 0 Å². The summed E-state index contributed by atoms with van der Waals surface area (Å²) >= 11 is 0. The van der Waals surface area contributed by atoms with E-state index in [2.05, 4.69) is 19.4 Å². The first kappa shape index (κ1) is 16.5. The molecule has 0 unspecified atom stereocenters. The first-order chi connectivity index (χ1) is 11.7. The molecule has 1 aliphatic heterocycles. The molecule has 3 rings (SSSR count). The standard InChI is InChI=1S/C18H24N4O2/c1-3-24-18(23)15-7-4-8-20-17(15)22-10-5-6-14(13-22)12-16-19-9-11-21(16)2/h4,7-9,11,14H,3,5-6,10,12-13H2,1-2H3/t14-/m1/s1. The summed E-state index contributed by atoms with van der Waals surface area (Å²) in [7, 11) is 2.03. The van der Waals surface area contributed by atoms with Gasteiger partial charge in [-0.1, -0.05) is 0 Å². The molecule has 6 heteroatoms. The molecule has 0 spiro atoms. The minimum atomic E-state index is -0.299. The maximum absolute atomic E-state index is 12.2. The number of piperidine rings is 1. The molecule has 24 heavy (non-hydrogen) atoms. The Kier molecular flexibility index (Phi) is 5.13. The number of aromatic nitrogens is 3. The SMILES string of the molecule is CCOC(=O)c1cccnc1N1CCC[C@H](Cc2nccn2C)C1. The molecule has 2 aromatic rings. The van der Waals surface area contributed by atoms with Gasteiger partial charge in [0.05, 0.1) is 6.61 Å². The van der Waals surface area contributed by atoms with Gasteiger partial charge in [0.15, 0.2) is 0 Å². The molecule has 0 radical (unpaired) electrons. The number of aryl methyl sites for hydroxylation is 1. The van der Waals surface area contributed by atoms with Crippen LogP contribution in [0.1, 0.15) is 35.9 Å². The third kappa shape index (κ3) is 3.58. The molecular formula is C18H24N4O2. The highest BCUT2D eigenvalue weighted by Gasteiger charge is 2.25. The van der Waals surface area contributed by atoms with E-state index in [0.717, 1.165) is 37.6 Å². The van der Waals surface area contributed by atoms with Crippen molar-refractivity contribution in [2.45, 2.75) is 26.2 Å². The second-order valence-electron chi connectivity index (χ2n) is 6.21. The Morgan fingerprint density at radius 3 is 3.00 bits per heavy atom. The van der Waals surface area contributed by atoms with Crippen molar-refractivity contribution in [3.63, 3.8) is 0 Å². The first-order valence-corrected chi connectivity index (χ1v) is 8.52. The lowest BCUT2D eigenvalue weighted by Gasteiger charge is -2.34. The number of anilines is 1. The third-order valence-corrected chi connectivity index (χ3v) is 4.49. The molecule has 2 aromatic heterocycles. The van der Waals surface area contributed by atoms with Gasteiger partial charge in [-0.2, -0.15) is 0 Å². The van der Waals surface area contributed by atoms with Crippen LogP contribution in [-0.4, -0.2) is 40.2 Å². The van der Waals surface area contributed by atoms with Crippen molar-refractivity contribution in [1.29, 1.82) is 0 Å². The fraction of sp³-hybridized carbons (Fsp3) is 0.500. The predicted octanol–water partition coefficient (Wildman–Crippen LogP) is 2.45. The Hall–Kier alpha value is -2.37. The Labute approximate surface area is 142 Å². The van der Waals surface area contributed by atoms with Gasteiger partial charge >= 0.3 is 5.97 Å². The van der Waals surface area contributed by atoms with Gasteiger partial charge in [0.1, 0.15) is 17.2 Å². The number of pyridine rings is 1. The number of ether oxygens (including phenoxy) is 1. The average molecular weight is 328 g/mol. The predicted molar refractivity (Wildman–Crippen MR) is 92.0 cm³/mol. The normalized spacial score (nSPS) is 17.8. The van der Waals surface area contributed by atoms with E-state index in [9.17, 15) is 4.79 Å². The van der Waals surface area contributed by atoms with E-state index in [1.807, 2.05) is 26.4 Å². The van der Waals surface area contributed by atoms with Gasteiger partial charge in [0.2, 0.25) is 0 Å². The van der Waals surface area contributed by atoms with Crippen LogP contribution in [0.15, 0.2) is 30.7 Å². The molecule has 1 saturated heterocycles. The summed E-state index contributed by atoms with van der Waals surface area (Å²) in [6.07, 6.45) is 8.77. The summed E-state index contributed by atoms with van der Waals surface area (Å²) in [4.78, 5) is 23.3. The number of rotatable bonds is 5. The number of imidazole rings is 1. The Balaban J connectivity index is 1.75. The summed E-state index contributed by atoms with van der Waals surface area (Å²) in [5.41, 5.74) is 0.553. The molecule has 1 aliphatic rings. The molecule has 0 amide bonds. The van der Waals surface area contributed by atoms with E-state index in [1.165, 1.54) is 6.42 Å². The van der Waals surface area contributed by atoms with Crippen LogP contribution in [0.25, 0.3) is 0 Å². The van der Waals surface area contributed by atoms with Gasteiger partial charge in [0, 0.05) is 45.1 Å². The Morgan fingerprint density at radius 1 is 1.38 bits per heavy atom. The van der Waals surface area contributed by atoms with Gasteiger partial charge in [-0.3, -0.25) is 0 Å². The number of nitrogens with zero attached hydrogens (tertiary/aromatic N) is 4. The van der Waals surface area contributed by atoms with E-state index >= 15 is 0 Å². The fourth-order valence-electron chi connectivity index (χ4n) is 3.29. The lowest BCUT2D eigenvalue weighted by atomic mass is 9.94. The van der Waals surface area contributed by atoms with Crippen LogP contribution >= 0.6 is 0 Å². The maximum atomic E-state index is 12.2. The van der Waals surface area contributed by atoms with Gasteiger partial charge < -0.3 is 14.2 Å². The topological polar surface area (TPSA) is 60.2 Å². The van der Waals surface area contributed by atoms with Gasteiger partial charge in [-0.25, -0.2) is 14.8 Å². The fourth-order valence-corrected chi connectivity index (χ4v) is 3.29. The first-order valence-electron chi connectivity index (χ1n) is 8.52. The monoisotopic (exact) mass is 328 g/mol. The highest BCUT2D eigenvalue weighted by molar-refractivity contribution is 5.94. The second-order valence-corrected chi connectivity index (χ2v) is 6.21. The largest absolute Gasteiger partial charge is 0.462 e. The van der Waals surface area contributed by atoms with Crippen molar-refractivity contribution in [3.05, 3.63) is 42.1 Å². The highest BCUT2D eigenvalue weighted by Crippen LogP contribution is 2.26. The minimum absolute atomic E-state index is 0.299. The lowest BCUT2D eigenvalue weighted by molar-refractivity contribution is 0.0526. The summed E-state index contributed by atoms with van der Waals surface area (Å²) in [6.45, 7) is 3.99. The molecule has 3 heterocycles. The van der Waals surface area contributed by atoms with E-state index in [-0.39, 0.29) is 5.97 Å². The van der Waals surface area contributed by atoms with Gasteiger partial charge in [0.25, 0.3) is 0 Å². The lowest BCUT2D eigenvalue weighted by Crippen LogP contribution is -2.38. The van der Waals surface area contributed by atoms with Crippen molar-refractivity contribution < 1.29 is 9.53 Å². The quantitative estimate of drug-likeness (QED) is 0.789. The Morgan fingerprint density at radius 2 is 2.25 bits per heavy atom. The molecule has 0 bridgehead atoms. The van der Waals surface area contributed by atoms with Crippen LogP contribution in [0.2, 0.25) is 0 Å². The zero-order valence-corrected chi connectivity index (χ0v) is 14.3. The van der Waals surface area contributed by atoms with Crippen molar-refractivity contribution >= 4 is 11.8 Å². The molecule has 0 saturated carbocycles. The second kappa shape index (κ2) is 7.47. The maximum Gasteiger partial charge on any atom is 0.341 e. The zero-order valence-electron chi connectivity index (χ0n) is 14.3. The summed E-state index contributed by atoms with van der Waals surface area (Å²) < 4.78 is 7.24. The van der Waals surface area contributed by atoms with Gasteiger partial charge in [-0.05, 0) is 37.8 Å². The van der Waals surface area contributed by atoms with Gasteiger partial charge in [-0.15, -0.1) is 0 Å². The molecule has 0 N–H and O–H groups in total. The molecule has 1 fully saturated rings. The van der Waals surface area contributed by atoms with Crippen molar-refractivity contribution in [2.24, 2.45) is 13.0 Å². The zero-order chi connectivity index (χ0) is 16.9. The van der Waals surface area contributed by atoms with E-state index in [4.69, 9.17) is 4.74 Å². The highest BCUT2D eigenvalue weighted by atomic mass is 16.5. The van der Waals surface area contributed by atoms with Crippen LogP contribution in [0.4, 0.5) is 5.82 Å². The van der Waals surface area contributed by atoms with Crippen molar-refractivity contribution in [1.82, 2.24) is 14.5 Å². The van der Waals surface area contributed by atoms with Crippen LogP contribution in [0, 0.1) is 5.92 Å². The third-order valence-electron chi connectivity index (χ3n) is 4.49. The average Bonchev–Trinajstić information content (AvgIpc) is 3.00. The summed E-state index contributed by atoms with van der Waals surface area (Å²) in [5.74, 6) is 2.05. The number of carbonyl (C=O) groups excluding carboxylic acids is 1. The van der Waals surface area contributed by atoms with Crippen molar-refractivity contribution in [2.75, 3.05) is 24.6 Å². The molecule has 0 aliphatic carbocycles. The smallest absolute Gasteiger partial charge is 0.341 e. The molecule has 0 aromatic carbocycles. The Bertz CT molecular complexity index is 698. The van der Waals surface area contributed by atoms with Crippen molar-refractivity contribution in [3.8, 4) is 0 Å². The number of hydrogen-bond donors (Lipinski definition) is 0. The molecule has 6 nitrogen and oxygen atoms in total. The molecular weight excluding hydrogens is 304 g/mol. The minimum Gasteiger partial charge on any atom is -0.462 e. The van der Waals surface area contributed by atoms with E-state index < -0.39 is 0 Å². The number of carbonyl (C=O) groups is 1. The molecule has 1 atom stereocenters. The molecule has 128 valence electrons. The number of hydrogen-bond acceptors (Lipinski definition) is 5. The number of esters is 1. The van der Waals surface area contributed by atoms with E-state index in [1.54, 1.807) is 18.3 Å².